The Morgan fingerprint density at radius 2 is 1.81 bits per heavy atom. The Kier molecular flexibility index (Phi) is 6.24. The minimum atomic E-state index is -4.39. The molecule has 9 heteroatoms. The summed E-state index contributed by atoms with van der Waals surface area (Å²) >= 11 is 0. The van der Waals surface area contributed by atoms with Gasteiger partial charge >= 0.3 is 6.18 Å². The number of rotatable bonds is 6. The van der Waals surface area contributed by atoms with E-state index in [1.165, 1.54) is 17.8 Å². The first kappa shape index (κ1) is 20.5. The van der Waals surface area contributed by atoms with E-state index in [1.54, 1.807) is 31.2 Å². The second-order valence-electron chi connectivity index (χ2n) is 6.30. The number of hydrogen-bond acceptors (Lipinski definition) is 3. The van der Waals surface area contributed by atoms with Crippen LogP contribution in [0.5, 0.6) is 0 Å². The lowest BCUT2D eigenvalue weighted by atomic mass is 10.1. The molecule has 0 aliphatic rings. The van der Waals surface area contributed by atoms with Crippen LogP contribution in [0.3, 0.4) is 0 Å². The molecule has 6 nitrogen and oxygen atoms in total. The molecule has 1 aromatic carbocycles. The summed E-state index contributed by atoms with van der Waals surface area (Å²) in [6, 6.07) is 6.14. The van der Waals surface area contributed by atoms with E-state index in [0.717, 1.165) is 0 Å². The number of nitrogens with zero attached hydrogens (tertiary/aromatic N) is 1. The van der Waals surface area contributed by atoms with Gasteiger partial charge in [0.1, 0.15) is 0 Å². The third-order valence-electron chi connectivity index (χ3n) is 3.95. The molecule has 1 heterocycles. The summed E-state index contributed by atoms with van der Waals surface area (Å²) in [4.78, 5) is 36.1. The van der Waals surface area contributed by atoms with Gasteiger partial charge in [-0.15, -0.1) is 0 Å². The van der Waals surface area contributed by atoms with Gasteiger partial charge in [0.2, 0.25) is 5.91 Å². The van der Waals surface area contributed by atoms with Gasteiger partial charge in [-0.3, -0.25) is 14.4 Å². The van der Waals surface area contributed by atoms with E-state index in [-0.39, 0.29) is 12.1 Å². The van der Waals surface area contributed by atoms with Crippen molar-refractivity contribution in [3.63, 3.8) is 0 Å². The topological polar surface area (TPSA) is 80.2 Å². The van der Waals surface area contributed by atoms with Crippen LogP contribution < -0.4 is 16.2 Å². The molecule has 2 N–H and O–H groups in total. The van der Waals surface area contributed by atoms with E-state index >= 15 is 0 Å². The van der Waals surface area contributed by atoms with Gasteiger partial charge in [-0.25, -0.2) is 0 Å². The van der Waals surface area contributed by atoms with Crippen molar-refractivity contribution in [1.29, 1.82) is 0 Å². The van der Waals surface area contributed by atoms with Gasteiger partial charge in [0, 0.05) is 43.0 Å². The van der Waals surface area contributed by atoms with Crippen LogP contribution in [0, 0.1) is 0 Å². The molecule has 0 saturated carbocycles. The van der Waals surface area contributed by atoms with Crippen LogP contribution in [0.15, 0.2) is 35.3 Å². The molecule has 1 aromatic heterocycles. The number of aromatic nitrogens is 1. The van der Waals surface area contributed by atoms with Crippen LogP contribution in [0.1, 0.15) is 30.1 Å². The fourth-order valence-corrected chi connectivity index (χ4v) is 2.59. The molecule has 0 saturated heterocycles. The van der Waals surface area contributed by atoms with Crippen LogP contribution in [0.2, 0.25) is 0 Å². The average molecular weight is 383 g/mol. The summed E-state index contributed by atoms with van der Waals surface area (Å²) in [7, 11) is 1.54. The van der Waals surface area contributed by atoms with E-state index in [1.807, 2.05) is 0 Å². The van der Waals surface area contributed by atoms with E-state index in [0.29, 0.717) is 16.3 Å². The van der Waals surface area contributed by atoms with Crippen molar-refractivity contribution in [3.8, 4) is 0 Å². The van der Waals surface area contributed by atoms with Gasteiger partial charge in [-0.2, -0.15) is 13.2 Å². The number of hydrogen-bond donors (Lipinski definition) is 2. The van der Waals surface area contributed by atoms with Crippen molar-refractivity contribution >= 4 is 22.6 Å². The zero-order chi connectivity index (χ0) is 20.2. The SMILES string of the molecule is C[C@@H](CNC(=O)c1cn(C)c(=O)c2ccccc12)NC(=O)CCC(F)(F)F. The second-order valence-corrected chi connectivity index (χ2v) is 6.30. The summed E-state index contributed by atoms with van der Waals surface area (Å²) in [6.07, 6.45) is -4.82. The normalized spacial score (nSPS) is 12.6. The van der Waals surface area contributed by atoms with Crippen molar-refractivity contribution in [1.82, 2.24) is 15.2 Å². The highest BCUT2D eigenvalue weighted by Gasteiger charge is 2.28. The molecular formula is C18H20F3N3O3. The van der Waals surface area contributed by atoms with Crippen LogP contribution in [-0.4, -0.2) is 35.1 Å². The summed E-state index contributed by atoms with van der Waals surface area (Å²) in [5.41, 5.74) is 0.0655. The van der Waals surface area contributed by atoms with E-state index in [2.05, 4.69) is 10.6 Å². The molecule has 1 atom stereocenters. The molecule has 0 aliphatic heterocycles. The van der Waals surface area contributed by atoms with Crippen LogP contribution in [0.25, 0.3) is 10.8 Å². The zero-order valence-electron chi connectivity index (χ0n) is 14.9. The summed E-state index contributed by atoms with van der Waals surface area (Å²) in [6.45, 7) is 1.61. The van der Waals surface area contributed by atoms with E-state index in [4.69, 9.17) is 0 Å². The van der Waals surface area contributed by atoms with Gasteiger partial charge in [-0.1, -0.05) is 18.2 Å². The molecule has 0 radical (unpaired) electrons. The Bertz CT molecular complexity index is 906. The average Bonchev–Trinajstić information content (AvgIpc) is 2.60. The van der Waals surface area contributed by atoms with Crippen molar-refractivity contribution in [2.75, 3.05) is 6.54 Å². The van der Waals surface area contributed by atoms with Crippen LogP contribution >= 0.6 is 0 Å². The summed E-state index contributed by atoms with van der Waals surface area (Å²) in [5.74, 6) is -1.18. The van der Waals surface area contributed by atoms with Crippen molar-refractivity contribution in [2.24, 2.45) is 7.05 Å². The number of benzene rings is 1. The molecule has 0 bridgehead atoms. The van der Waals surface area contributed by atoms with Gasteiger partial charge < -0.3 is 15.2 Å². The van der Waals surface area contributed by atoms with Crippen LogP contribution in [-0.2, 0) is 11.8 Å². The van der Waals surface area contributed by atoms with Crippen molar-refractivity contribution in [2.45, 2.75) is 32.0 Å². The second kappa shape index (κ2) is 8.24. The van der Waals surface area contributed by atoms with E-state index < -0.39 is 36.9 Å². The van der Waals surface area contributed by atoms with Gasteiger partial charge in [0.05, 0.1) is 12.0 Å². The maximum absolute atomic E-state index is 12.5. The Morgan fingerprint density at radius 3 is 2.44 bits per heavy atom. The maximum Gasteiger partial charge on any atom is 0.389 e. The number of carbonyl (C=O) groups excluding carboxylic acids is 2. The molecule has 146 valence electrons. The fraction of sp³-hybridized carbons (Fsp3) is 0.389. The van der Waals surface area contributed by atoms with Gasteiger partial charge in [0.25, 0.3) is 11.5 Å². The van der Waals surface area contributed by atoms with Crippen molar-refractivity contribution in [3.05, 3.63) is 46.4 Å². The molecule has 0 fully saturated rings. The number of nitrogens with one attached hydrogen (secondary N) is 2. The summed E-state index contributed by atoms with van der Waals surface area (Å²) < 4.78 is 37.7. The van der Waals surface area contributed by atoms with Gasteiger partial charge in [-0.05, 0) is 13.0 Å². The number of halogens is 3. The van der Waals surface area contributed by atoms with Crippen LogP contribution in [0.4, 0.5) is 13.2 Å². The predicted molar refractivity (Wildman–Crippen MR) is 94.4 cm³/mol. The standard InChI is InChI=1S/C18H20F3N3O3/c1-11(23-15(25)7-8-18(19,20)21)9-22-16(26)14-10-24(2)17(27)13-6-4-3-5-12(13)14/h3-6,10-11H,7-9H2,1-2H3,(H,22,26)(H,23,25)/t11-/m0/s1. The first-order chi connectivity index (χ1) is 12.6. The molecule has 2 rings (SSSR count). The van der Waals surface area contributed by atoms with Gasteiger partial charge in [0.15, 0.2) is 0 Å². The third-order valence-corrected chi connectivity index (χ3v) is 3.95. The molecule has 2 amide bonds. The third kappa shape index (κ3) is 5.57. The lowest BCUT2D eigenvalue weighted by Gasteiger charge is -2.16. The molecule has 0 spiro atoms. The maximum atomic E-state index is 12.5. The number of carbonyl (C=O) groups is 2. The Hall–Kier alpha value is -2.84. The first-order valence-electron chi connectivity index (χ1n) is 8.31. The summed E-state index contributed by atoms with van der Waals surface area (Å²) in [5, 5.41) is 5.94. The number of alkyl halides is 3. The quantitative estimate of drug-likeness (QED) is 0.802. The highest BCUT2D eigenvalue weighted by atomic mass is 19.4. The highest BCUT2D eigenvalue weighted by molar-refractivity contribution is 6.06. The minimum absolute atomic E-state index is 0.0355. The number of fused-ring (bicyclic) bond motifs is 1. The highest BCUT2D eigenvalue weighted by Crippen LogP contribution is 2.21. The number of aryl methyl sites for hydroxylation is 1. The number of amides is 2. The lowest BCUT2D eigenvalue weighted by Crippen LogP contribution is -2.42. The zero-order valence-corrected chi connectivity index (χ0v) is 14.9. The predicted octanol–water partition coefficient (Wildman–Crippen LogP) is 2.12. The fourth-order valence-electron chi connectivity index (χ4n) is 2.59. The minimum Gasteiger partial charge on any atom is -0.352 e. The van der Waals surface area contributed by atoms with Crippen molar-refractivity contribution < 1.29 is 22.8 Å². The molecule has 0 aliphatic carbocycles. The monoisotopic (exact) mass is 383 g/mol. The molecule has 2 aromatic rings. The smallest absolute Gasteiger partial charge is 0.352 e. The lowest BCUT2D eigenvalue weighted by molar-refractivity contribution is -0.144. The number of pyridine rings is 1. The Balaban J connectivity index is 2.00. The molecule has 27 heavy (non-hydrogen) atoms. The Labute approximate surface area is 153 Å². The molecule has 0 unspecified atom stereocenters. The molecular weight excluding hydrogens is 363 g/mol. The van der Waals surface area contributed by atoms with E-state index in [9.17, 15) is 27.6 Å². The first-order valence-corrected chi connectivity index (χ1v) is 8.31. The Morgan fingerprint density at radius 1 is 1.19 bits per heavy atom. The largest absolute Gasteiger partial charge is 0.389 e.